The van der Waals surface area contributed by atoms with Crippen LogP contribution in [0.15, 0.2) is 59.1 Å². The van der Waals surface area contributed by atoms with E-state index >= 15 is 0 Å². The van der Waals surface area contributed by atoms with Crippen molar-refractivity contribution in [2.75, 3.05) is 5.32 Å². The van der Waals surface area contributed by atoms with Crippen LogP contribution in [0.25, 0.3) is 16.7 Å². The smallest absolute Gasteiger partial charge is 0.172 e. The SMILES string of the molecule is Cc1nn(-c2ccccc2)c(Nc2nc3ccccc3nc2Cl)c1Br. The average molecular weight is 415 g/mol. The first-order valence-electron chi connectivity index (χ1n) is 7.63. The Balaban J connectivity index is 1.83. The van der Waals surface area contributed by atoms with E-state index in [-0.39, 0.29) is 0 Å². The highest BCUT2D eigenvalue weighted by Crippen LogP contribution is 2.33. The maximum Gasteiger partial charge on any atom is 0.172 e. The molecule has 0 unspecified atom stereocenters. The van der Waals surface area contributed by atoms with Crippen LogP contribution in [-0.4, -0.2) is 19.7 Å². The van der Waals surface area contributed by atoms with Crippen molar-refractivity contribution in [1.29, 1.82) is 0 Å². The Morgan fingerprint density at radius 2 is 1.60 bits per heavy atom. The Morgan fingerprint density at radius 1 is 0.960 bits per heavy atom. The molecule has 0 radical (unpaired) electrons. The van der Waals surface area contributed by atoms with Crippen LogP contribution < -0.4 is 5.32 Å². The van der Waals surface area contributed by atoms with Crippen molar-refractivity contribution >= 4 is 50.2 Å². The molecule has 0 atom stereocenters. The third kappa shape index (κ3) is 2.99. The highest BCUT2D eigenvalue weighted by Gasteiger charge is 2.17. The van der Waals surface area contributed by atoms with Crippen molar-refractivity contribution in [3.8, 4) is 5.69 Å². The standard InChI is InChI=1S/C18H13BrClN5/c1-11-15(19)18(25(24-11)12-7-3-2-4-8-12)23-17-16(20)21-13-9-5-6-10-14(13)22-17/h2-10H,1H3,(H,22,23). The molecule has 0 spiro atoms. The van der Waals surface area contributed by atoms with Crippen molar-refractivity contribution < 1.29 is 0 Å². The second-order valence-electron chi connectivity index (χ2n) is 5.47. The molecule has 5 nitrogen and oxygen atoms in total. The van der Waals surface area contributed by atoms with Gasteiger partial charge in [-0.15, -0.1) is 0 Å². The Bertz CT molecular complexity index is 1060. The lowest BCUT2D eigenvalue weighted by Crippen LogP contribution is -2.05. The van der Waals surface area contributed by atoms with Crippen LogP contribution in [0.4, 0.5) is 11.6 Å². The van der Waals surface area contributed by atoms with E-state index in [4.69, 9.17) is 11.6 Å². The highest BCUT2D eigenvalue weighted by molar-refractivity contribution is 9.10. The van der Waals surface area contributed by atoms with Crippen molar-refractivity contribution in [2.45, 2.75) is 6.92 Å². The van der Waals surface area contributed by atoms with Crippen molar-refractivity contribution in [3.05, 3.63) is 69.9 Å². The lowest BCUT2D eigenvalue weighted by atomic mass is 10.3. The van der Waals surface area contributed by atoms with E-state index < -0.39 is 0 Å². The Labute approximate surface area is 157 Å². The number of fused-ring (bicyclic) bond motifs is 1. The first-order chi connectivity index (χ1) is 12.1. The molecule has 4 rings (SSSR count). The maximum absolute atomic E-state index is 6.33. The summed E-state index contributed by atoms with van der Waals surface area (Å²) in [5.41, 5.74) is 3.32. The van der Waals surface area contributed by atoms with Gasteiger partial charge in [0.25, 0.3) is 0 Å². The summed E-state index contributed by atoms with van der Waals surface area (Å²) in [5, 5.41) is 8.16. The van der Waals surface area contributed by atoms with E-state index in [9.17, 15) is 0 Å². The van der Waals surface area contributed by atoms with E-state index in [0.717, 1.165) is 32.7 Å². The zero-order valence-electron chi connectivity index (χ0n) is 13.2. The predicted molar refractivity (Wildman–Crippen MR) is 104 cm³/mol. The van der Waals surface area contributed by atoms with Gasteiger partial charge in [-0.2, -0.15) is 5.10 Å². The first-order valence-corrected chi connectivity index (χ1v) is 8.80. The summed E-state index contributed by atoms with van der Waals surface area (Å²) >= 11 is 9.92. The van der Waals surface area contributed by atoms with Crippen molar-refractivity contribution in [1.82, 2.24) is 19.7 Å². The molecular formula is C18H13BrClN5. The number of benzene rings is 2. The average Bonchev–Trinajstić information content (AvgIpc) is 2.91. The minimum atomic E-state index is 0.309. The summed E-state index contributed by atoms with van der Waals surface area (Å²) < 4.78 is 2.66. The number of para-hydroxylation sites is 3. The van der Waals surface area contributed by atoms with E-state index in [1.54, 1.807) is 0 Å². The zero-order valence-corrected chi connectivity index (χ0v) is 15.6. The van der Waals surface area contributed by atoms with Gasteiger partial charge in [0.05, 0.1) is 26.9 Å². The van der Waals surface area contributed by atoms with Crippen LogP contribution in [0.1, 0.15) is 5.69 Å². The molecule has 124 valence electrons. The van der Waals surface area contributed by atoms with E-state index in [0.29, 0.717) is 11.0 Å². The van der Waals surface area contributed by atoms with E-state index in [1.807, 2.05) is 66.2 Å². The van der Waals surface area contributed by atoms with Gasteiger partial charge < -0.3 is 5.32 Å². The Morgan fingerprint density at radius 3 is 2.32 bits per heavy atom. The number of aryl methyl sites for hydroxylation is 1. The molecule has 2 heterocycles. The second kappa shape index (κ2) is 6.46. The van der Waals surface area contributed by atoms with Crippen molar-refractivity contribution in [2.24, 2.45) is 0 Å². The fourth-order valence-electron chi connectivity index (χ4n) is 2.54. The quantitative estimate of drug-likeness (QED) is 0.495. The highest BCUT2D eigenvalue weighted by atomic mass is 79.9. The lowest BCUT2D eigenvalue weighted by molar-refractivity contribution is 0.868. The maximum atomic E-state index is 6.33. The molecule has 7 heteroatoms. The van der Waals surface area contributed by atoms with Gasteiger partial charge in [-0.25, -0.2) is 14.6 Å². The molecule has 0 fully saturated rings. The van der Waals surface area contributed by atoms with Gasteiger partial charge in [0.15, 0.2) is 11.0 Å². The summed E-state index contributed by atoms with van der Waals surface area (Å²) in [5.74, 6) is 1.23. The zero-order chi connectivity index (χ0) is 17.4. The Hall–Kier alpha value is -2.44. The normalized spacial score (nSPS) is 11.0. The molecule has 0 saturated carbocycles. The number of anilines is 2. The molecule has 4 aromatic rings. The molecule has 25 heavy (non-hydrogen) atoms. The van der Waals surface area contributed by atoms with Gasteiger partial charge >= 0.3 is 0 Å². The van der Waals surface area contributed by atoms with Crippen LogP contribution in [0.3, 0.4) is 0 Å². The summed E-state index contributed by atoms with van der Waals surface area (Å²) in [7, 11) is 0. The minimum absolute atomic E-state index is 0.309. The molecule has 0 aliphatic carbocycles. The van der Waals surface area contributed by atoms with Crippen LogP contribution >= 0.6 is 27.5 Å². The number of hydrogen-bond donors (Lipinski definition) is 1. The van der Waals surface area contributed by atoms with Gasteiger partial charge in [-0.3, -0.25) is 0 Å². The summed E-state index contributed by atoms with van der Waals surface area (Å²) in [4.78, 5) is 8.99. The minimum Gasteiger partial charge on any atom is -0.321 e. The number of halogens is 2. The molecule has 0 saturated heterocycles. The summed E-state index contributed by atoms with van der Waals surface area (Å²) in [6.07, 6.45) is 0. The number of nitrogens with one attached hydrogen (secondary N) is 1. The Kier molecular flexibility index (Phi) is 4.15. The molecule has 2 aromatic carbocycles. The predicted octanol–water partition coefficient (Wildman–Crippen LogP) is 5.28. The number of rotatable bonds is 3. The third-order valence-corrected chi connectivity index (χ3v) is 4.97. The molecule has 2 aromatic heterocycles. The van der Waals surface area contributed by atoms with Crippen LogP contribution in [0.5, 0.6) is 0 Å². The lowest BCUT2D eigenvalue weighted by Gasteiger charge is -2.11. The molecule has 1 N–H and O–H groups in total. The summed E-state index contributed by atoms with van der Waals surface area (Å²) in [6, 6.07) is 17.5. The first kappa shape index (κ1) is 16.1. The third-order valence-electron chi connectivity index (χ3n) is 3.75. The van der Waals surface area contributed by atoms with Crippen LogP contribution in [0, 0.1) is 6.92 Å². The van der Waals surface area contributed by atoms with Gasteiger partial charge in [0, 0.05) is 0 Å². The molecule has 0 aliphatic rings. The monoisotopic (exact) mass is 413 g/mol. The fourth-order valence-corrected chi connectivity index (χ4v) is 3.07. The topological polar surface area (TPSA) is 55.6 Å². The fraction of sp³-hybridized carbons (Fsp3) is 0.0556. The van der Waals surface area contributed by atoms with Crippen molar-refractivity contribution in [3.63, 3.8) is 0 Å². The van der Waals surface area contributed by atoms with Gasteiger partial charge in [0.1, 0.15) is 5.82 Å². The van der Waals surface area contributed by atoms with E-state index in [2.05, 4.69) is 36.3 Å². The van der Waals surface area contributed by atoms with Gasteiger partial charge in [-0.1, -0.05) is 41.9 Å². The molecule has 0 bridgehead atoms. The van der Waals surface area contributed by atoms with Crippen LogP contribution in [0.2, 0.25) is 5.15 Å². The number of nitrogens with zero attached hydrogens (tertiary/aromatic N) is 4. The summed E-state index contributed by atoms with van der Waals surface area (Å²) in [6.45, 7) is 1.93. The number of hydrogen-bond acceptors (Lipinski definition) is 4. The van der Waals surface area contributed by atoms with Gasteiger partial charge in [0.2, 0.25) is 0 Å². The second-order valence-corrected chi connectivity index (χ2v) is 6.62. The van der Waals surface area contributed by atoms with Crippen LogP contribution in [-0.2, 0) is 0 Å². The molecule has 0 aliphatic heterocycles. The molecule has 0 amide bonds. The van der Waals surface area contributed by atoms with E-state index in [1.165, 1.54) is 0 Å². The number of aromatic nitrogens is 4. The largest absolute Gasteiger partial charge is 0.321 e. The molecular weight excluding hydrogens is 402 g/mol. The van der Waals surface area contributed by atoms with Gasteiger partial charge in [-0.05, 0) is 47.1 Å².